The molecule has 0 atom stereocenters. The highest BCUT2D eigenvalue weighted by Crippen LogP contribution is 2.29. The van der Waals surface area contributed by atoms with Crippen LogP contribution in [0.5, 0.6) is 23.0 Å². The van der Waals surface area contributed by atoms with Crippen LogP contribution in [0.2, 0.25) is 0 Å². The minimum atomic E-state index is -0.433. The quantitative estimate of drug-likeness (QED) is 0.0233. The summed E-state index contributed by atoms with van der Waals surface area (Å²) in [6.07, 6.45) is 29.0. The topological polar surface area (TPSA) is 71.1 Å². The third-order valence-corrected chi connectivity index (χ3v) is 13.1. The lowest BCUT2D eigenvalue weighted by Crippen LogP contribution is -2.08. The van der Waals surface area contributed by atoms with Gasteiger partial charge in [-0.25, -0.2) is 9.59 Å². The summed E-state index contributed by atoms with van der Waals surface area (Å²) in [6, 6.07) is 45.9. The summed E-state index contributed by atoms with van der Waals surface area (Å²) in [6.45, 7) is 6.02. The van der Waals surface area contributed by atoms with Crippen molar-refractivity contribution in [1.82, 2.24) is 0 Å². The average molecular weight is 943 g/mol. The van der Waals surface area contributed by atoms with E-state index in [1.54, 1.807) is 42.5 Å². The fourth-order valence-electron chi connectivity index (χ4n) is 8.78. The third-order valence-electron chi connectivity index (χ3n) is 13.1. The predicted octanol–water partition coefficient (Wildman–Crippen LogP) is 18.5. The zero-order valence-electron chi connectivity index (χ0n) is 42.3. The van der Waals surface area contributed by atoms with E-state index in [-0.39, 0.29) is 0 Å². The number of rotatable bonds is 33. The van der Waals surface area contributed by atoms with Crippen LogP contribution < -0.4 is 18.9 Å². The van der Waals surface area contributed by atoms with Gasteiger partial charge < -0.3 is 18.9 Å². The van der Waals surface area contributed by atoms with E-state index in [4.69, 9.17) is 18.9 Å². The molecule has 0 N–H and O–H groups in total. The summed E-state index contributed by atoms with van der Waals surface area (Å²) in [5.41, 5.74) is 6.81. The van der Waals surface area contributed by atoms with Crippen molar-refractivity contribution >= 4 is 11.9 Å². The van der Waals surface area contributed by atoms with Crippen LogP contribution in [0, 0.1) is 0 Å². The first-order valence-electron chi connectivity index (χ1n) is 26.8. The molecule has 0 aromatic heterocycles. The maximum Gasteiger partial charge on any atom is 0.343 e. The molecular formula is C64H78O6. The molecule has 6 heteroatoms. The van der Waals surface area contributed by atoms with E-state index >= 15 is 0 Å². The zero-order valence-corrected chi connectivity index (χ0v) is 42.3. The van der Waals surface area contributed by atoms with Gasteiger partial charge in [-0.05, 0) is 119 Å². The van der Waals surface area contributed by atoms with Gasteiger partial charge in [0.2, 0.25) is 0 Å². The fourth-order valence-corrected chi connectivity index (χ4v) is 8.78. The number of carbonyl (C=O) groups is 2. The zero-order chi connectivity index (χ0) is 48.9. The maximum absolute atomic E-state index is 13.2. The second-order valence-corrected chi connectivity index (χ2v) is 18.8. The lowest BCUT2D eigenvalue weighted by atomic mass is 10.0. The first-order valence-corrected chi connectivity index (χ1v) is 26.8. The van der Waals surface area contributed by atoms with Gasteiger partial charge in [-0.3, -0.25) is 0 Å². The van der Waals surface area contributed by atoms with Crippen LogP contribution in [0.1, 0.15) is 176 Å². The molecule has 0 aliphatic heterocycles. The second kappa shape index (κ2) is 31.2. The van der Waals surface area contributed by atoms with Crippen LogP contribution in [-0.4, -0.2) is 25.2 Å². The lowest BCUT2D eigenvalue weighted by Gasteiger charge is -2.10. The van der Waals surface area contributed by atoms with Gasteiger partial charge in [0.1, 0.15) is 23.0 Å². The second-order valence-electron chi connectivity index (χ2n) is 18.8. The Hall–Kier alpha value is -6.14. The number of hydrogen-bond donors (Lipinski definition) is 0. The van der Waals surface area contributed by atoms with Gasteiger partial charge in [0, 0.05) is 0 Å². The standard InChI is InChI=1S/C64H78O6/c1-3-5-7-9-11-13-15-17-19-21-23-48-67-59-42-36-53(37-43-59)51-28-32-56(33-29-51)63(65)69-61-46-40-55(41-47-61)58-26-25-27-62(50-58)70-64(66)57-34-30-52(31-35-57)54-38-44-60(45-39-54)68-49-24-22-20-18-16-14-12-10-8-6-4-2/h25-47,50H,3-24,48-49H2,1-2H3. The van der Waals surface area contributed by atoms with Gasteiger partial charge in [-0.15, -0.1) is 0 Å². The van der Waals surface area contributed by atoms with Crippen molar-refractivity contribution in [3.05, 3.63) is 157 Å². The molecule has 0 saturated carbocycles. The third kappa shape index (κ3) is 19.0. The normalized spacial score (nSPS) is 11.1. The molecule has 0 aliphatic carbocycles. The van der Waals surface area contributed by atoms with E-state index in [0.717, 1.165) is 70.9 Å². The molecule has 0 amide bonds. The van der Waals surface area contributed by atoms with Gasteiger partial charge in [0.05, 0.1) is 24.3 Å². The van der Waals surface area contributed by atoms with Crippen LogP contribution in [0.4, 0.5) is 0 Å². The summed E-state index contributed by atoms with van der Waals surface area (Å²) in [5.74, 6) is 1.77. The highest BCUT2D eigenvalue weighted by Gasteiger charge is 2.13. The first-order chi connectivity index (χ1) is 34.5. The van der Waals surface area contributed by atoms with Crippen molar-refractivity contribution in [2.75, 3.05) is 13.2 Å². The maximum atomic E-state index is 13.2. The van der Waals surface area contributed by atoms with Crippen LogP contribution in [0.15, 0.2) is 146 Å². The Bertz CT molecular complexity index is 2370. The van der Waals surface area contributed by atoms with Crippen molar-refractivity contribution in [3.63, 3.8) is 0 Å². The monoisotopic (exact) mass is 943 g/mol. The van der Waals surface area contributed by atoms with Crippen molar-refractivity contribution in [2.24, 2.45) is 0 Å². The largest absolute Gasteiger partial charge is 0.494 e. The van der Waals surface area contributed by atoms with Gasteiger partial charge in [-0.2, -0.15) is 0 Å². The Morgan fingerprint density at radius 1 is 0.300 bits per heavy atom. The molecule has 0 radical (unpaired) electrons. The molecule has 70 heavy (non-hydrogen) atoms. The molecule has 6 rings (SSSR count). The highest BCUT2D eigenvalue weighted by atomic mass is 16.5. The molecule has 0 unspecified atom stereocenters. The number of carbonyl (C=O) groups excluding carboxylic acids is 2. The molecule has 6 aromatic carbocycles. The molecule has 0 aliphatic rings. The average Bonchev–Trinajstić information content (AvgIpc) is 3.40. The Balaban J connectivity index is 0.877. The van der Waals surface area contributed by atoms with Crippen molar-refractivity contribution in [1.29, 1.82) is 0 Å². The van der Waals surface area contributed by atoms with Crippen molar-refractivity contribution in [3.8, 4) is 56.4 Å². The number of ether oxygens (including phenoxy) is 4. The Labute approximate surface area is 420 Å². The molecule has 6 aromatic rings. The fraction of sp³-hybridized carbons (Fsp3) is 0.406. The molecule has 370 valence electrons. The number of esters is 2. The molecule has 0 fully saturated rings. The van der Waals surface area contributed by atoms with Crippen molar-refractivity contribution in [2.45, 2.75) is 155 Å². The SMILES string of the molecule is CCCCCCCCCCCCCOc1ccc(-c2ccc(C(=O)Oc3ccc(-c4cccc(OC(=O)c5ccc(-c6ccc(OCCCCCCCCCCCCC)cc6)cc5)c4)cc3)cc2)cc1. The Kier molecular flexibility index (Phi) is 23.7. The van der Waals surface area contributed by atoms with Crippen molar-refractivity contribution < 1.29 is 28.5 Å². The van der Waals surface area contributed by atoms with Gasteiger partial charge in [0.25, 0.3) is 0 Å². The molecule has 0 spiro atoms. The van der Waals surface area contributed by atoms with Crippen LogP contribution in [0.25, 0.3) is 33.4 Å². The molecule has 0 bridgehead atoms. The summed E-state index contributed by atoms with van der Waals surface area (Å²) in [7, 11) is 0. The van der Waals surface area contributed by atoms with E-state index in [1.807, 2.05) is 78.9 Å². The summed E-state index contributed by atoms with van der Waals surface area (Å²) in [5, 5.41) is 0. The van der Waals surface area contributed by atoms with Crippen LogP contribution >= 0.6 is 0 Å². The highest BCUT2D eigenvalue weighted by molar-refractivity contribution is 5.92. The van der Waals surface area contributed by atoms with E-state index in [2.05, 4.69) is 38.1 Å². The van der Waals surface area contributed by atoms with Crippen LogP contribution in [-0.2, 0) is 0 Å². The molecule has 0 heterocycles. The number of hydrogen-bond acceptors (Lipinski definition) is 6. The number of unbranched alkanes of at least 4 members (excludes halogenated alkanes) is 20. The van der Waals surface area contributed by atoms with E-state index in [1.165, 1.54) is 128 Å². The Morgan fingerprint density at radius 2 is 0.600 bits per heavy atom. The minimum Gasteiger partial charge on any atom is -0.494 e. The summed E-state index contributed by atoms with van der Waals surface area (Å²) >= 11 is 0. The van der Waals surface area contributed by atoms with Gasteiger partial charge >= 0.3 is 11.9 Å². The minimum absolute atomic E-state index is 0.430. The van der Waals surface area contributed by atoms with Crippen LogP contribution in [0.3, 0.4) is 0 Å². The smallest absolute Gasteiger partial charge is 0.343 e. The summed E-state index contributed by atoms with van der Waals surface area (Å²) < 4.78 is 23.5. The first kappa shape index (κ1) is 53.2. The van der Waals surface area contributed by atoms with E-state index in [0.29, 0.717) is 22.6 Å². The lowest BCUT2D eigenvalue weighted by molar-refractivity contribution is 0.0725. The molecular weight excluding hydrogens is 865 g/mol. The summed E-state index contributed by atoms with van der Waals surface area (Å²) in [4.78, 5) is 26.3. The Morgan fingerprint density at radius 3 is 0.971 bits per heavy atom. The van der Waals surface area contributed by atoms with Gasteiger partial charge in [0.15, 0.2) is 0 Å². The number of benzene rings is 6. The molecule has 0 saturated heterocycles. The van der Waals surface area contributed by atoms with E-state index < -0.39 is 11.9 Å². The van der Waals surface area contributed by atoms with Gasteiger partial charge in [-0.1, -0.05) is 215 Å². The van der Waals surface area contributed by atoms with E-state index in [9.17, 15) is 9.59 Å². The molecule has 6 nitrogen and oxygen atoms in total. The predicted molar refractivity (Wildman–Crippen MR) is 289 cm³/mol.